The minimum atomic E-state index is -0.574. The fraction of sp³-hybridized carbons (Fsp3) is 0.474. The molecule has 1 aromatic heterocycles. The van der Waals surface area contributed by atoms with Crippen molar-refractivity contribution in [2.75, 3.05) is 26.2 Å². The van der Waals surface area contributed by atoms with E-state index in [1.807, 2.05) is 18.2 Å². The Morgan fingerprint density at radius 2 is 1.88 bits per heavy atom. The van der Waals surface area contributed by atoms with Crippen LogP contribution in [0.15, 0.2) is 53.1 Å². The van der Waals surface area contributed by atoms with Crippen LogP contribution in [0.3, 0.4) is 0 Å². The van der Waals surface area contributed by atoms with Gasteiger partial charge in [-0.25, -0.2) is 0 Å². The molecule has 0 spiro atoms. The van der Waals surface area contributed by atoms with E-state index in [1.165, 1.54) is 18.4 Å². The Kier molecular flexibility index (Phi) is 7.79. The van der Waals surface area contributed by atoms with Crippen LogP contribution >= 0.6 is 12.4 Å². The number of aliphatic hydroxyl groups excluding tert-OH is 1. The summed E-state index contributed by atoms with van der Waals surface area (Å²) in [6.07, 6.45) is 3.47. The van der Waals surface area contributed by atoms with Crippen LogP contribution in [0.5, 0.6) is 0 Å². The molecule has 1 unspecified atom stereocenters. The van der Waals surface area contributed by atoms with Gasteiger partial charge in [0.05, 0.1) is 6.26 Å². The van der Waals surface area contributed by atoms with Gasteiger partial charge in [0.15, 0.2) is 0 Å². The van der Waals surface area contributed by atoms with Gasteiger partial charge in [0, 0.05) is 19.6 Å². The van der Waals surface area contributed by atoms with Crippen LogP contribution in [-0.2, 0) is 6.54 Å². The van der Waals surface area contributed by atoms with Gasteiger partial charge in [-0.2, -0.15) is 0 Å². The van der Waals surface area contributed by atoms with Crippen LogP contribution in [0, 0.1) is 5.92 Å². The summed E-state index contributed by atoms with van der Waals surface area (Å²) in [6.45, 7) is 4.69. The zero-order valence-electron chi connectivity index (χ0n) is 13.9. The lowest BCUT2D eigenvalue weighted by molar-refractivity contribution is 0.0788. The number of hydrogen-bond acceptors (Lipinski definition) is 4. The number of aliphatic hydroxyl groups is 1. The monoisotopic (exact) mass is 350 g/mol. The largest absolute Gasteiger partial charge is 0.467 e. The molecule has 1 atom stereocenters. The van der Waals surface area contributed by atoms with Crippen LogP contribution in [0.4, 0.5) is 0 Å². The molecule has 0 saturated carbocycles. The summed E-state index contributed by atoms with van der Waals surface area (Å²) >= 11 is 0. The number of piperidine rings is 1. The number of hydrogen-bond donors (Lipinski definition) is 2. The Morgan fingerprint density at radius 1 is 1.12 bits per heavy atom. The maximum Gasteiger partial charge on any atom is 0.133 e. The highest BCUT2D eigenvalue weighted by Crippen LogP contribution is 2.20. The van der Waals surface area contributed by atoms with Crippen molar-refractivity contribution in [1.82, 2.24) is 10.2 Å². The van der Waals surface area contributed by atoms with E-state index in [4.69, 9.17) is 4.42 Å². The number of rotatable bonds is 7. The molecular formula is C19H27ClN2O2. The molecule has 24 heavy (non-hydrogen) atoms. The Hall–Kier alpha value is -1.33. The van der Waals surface area contributed by atoms with Crippen molar-refractivity contribution in [2.24, 2.45) is 5.92 Å². The number of halogens is 1. The minimum Gasteiger partial charge on any atom is -0.467 e. The molecule has 2 aromatic rings. The second-order valence-corrected chi connectivity index (χ2v) is 6.40. The van der Waals surface area contributed by atoms with E-state index in [2.05, 4.69) is 34.5 Å². The van der Waals surface area contributed by atoms with Crippen molar-refractivity contribution in [2.45, 2.75) is 25.5 Å². The van der Waals surface area contributed by atoms with E-state index in [1.54, 1.807) is 6.26 Å². The molecule has 2 N–H and O–H groups in total. The van der Waals surface area contributed by atoms with Gasteiger partial charge in [-0.05, 0) is 49.5 Å². The maximum atomic E-state index is 10.4. The van der Waals surface area contributed by atoms with Gasteiger partial charge in [0.2, 0.25) is 0 Å². The molecule has 0 bridgehead atoms. The lowest BCUT2D eigenvalue weighted by Crippen LogP contribution is -2.37. The van der Waals surface area contributed by atoms with Gasteiger partial charge in [-0.3, -0.25) is 4.90 Å². The molecule has 1 aromatic carbocycles. The van der Waals surface area contributed by atoms with Crippen molar-refractivity contribution < 1.29 is 9.52 Å². The Bertz CT molecular complexity index is 556. The van der Waals surface area contributed by atoms with Crippen LogP contribution < -0.4 is 5.32 Å². The first-order chi connectivity index (χ1) is 11.3. The zero-order chi connectivity index (χ0) is 15.9. The third-order valence-electron chi connectivity index (χ3n) is 4.53. The molecule has 2 heterocycles. The summed E-state index contributed by atoms with van der Waals surface area (Å²) in [7, 11) is 0. The van der Waals surface area contributed by atoms with E-state index in [-0.39, 0.29) is 12.4 Å². The fourth-order valence-corrected chi connectivity index (χ4v) is 3.29. The molecule has 1 aliphatic heterocycles. The van der Waals surface area contributed by atoms with Gasteiger partial charge in [-0.15, -0.1) is 12.4 Å². The molecule has 132 valence electrons. The normalized spacial score (nSPS) is 16.8. The first-order valence-corrected chi connectivity index (χ1v) is 8.50. The molecule has 1 saturated heterocycles. The second-order valence-electron chi connectivity index (χ2n) is 6.40. The summed E-state index contributed by atoms with van der Waals surface area (Å²) < 4.78 is 5.35. The lowest BCUT2D eigenvalue weighted by Gasteiger charge is -2.31. The lowest BCUT2D eigenvalue weighted by atomic mass is 9.97. The summed E-state index contributed by atoms with van der Waals surface area (Å²) in [5, 5.41) is 13.9. The van der Waals surface area contributed by atoms with Crippen molar-refractivity contribution in [3.05, 3.63) is 60.1 Å². The minimum absolute atomic E-state index is 0. The predicted octanol–water partition coefficient (Wildman–Crippen LogP) is 3.24. The Balaban J connectivity index is 0.00000208. The van der Waals surface area contributed by atoms with Crippen molar-refractivity contribution >= 4 is 12.4 Å². The molecule has 3 rings (SSSR count). The molecule has 4 nitrogen and oxygen atoms in total. The van der Waals surface area contributed by atoms with Gasteiger partial charge in [-0.1, -0.05) is 30.3 Å². The van der Waals surface area contributed by atoms with Crippen molar-refractivity contribution in [1.29, 1.82) is 0 Å². The maximum absolute atomic E-state index is 10.4. The topological polar surface area (TPSA) is 48.6 Å². The van der Waals surface area contributed by atoms with Crippen LogP contribution in [-0.4, -0.2) is 36.2 Å². The number of nitrogens with one attached hydrogen (secondary N) is 1. The molecule has 0 amide bonds. The van der Waals surface area contributed by atoms with Gasteiger partial charge < -0.3 is 14.8 Å². The number of furan rings is 1. The zero-order valence-corrected chi connectivity index (χ0v) is 14.8. The van der Waals surface area contributed by atoms with Crippen molar-refractivity contribution in [3.63, 3.8) is 0 Å². The molecule has 1 aliphatic rings. The van der Waals surface area contributed by atoms with E-state index < -0.39 is 6.10 Å². The number of nitrogens with zero attached hydrogens (tertiary/aromatic N) is 1. The second kappa shape index (κ2) is 9.84. The molecular weight excluding hydrogens is 324 g/mol. The summed E-state index contributed by atoms with van der Waals surface area (Å²) in [4.78, 5) is 2.36. The summed E-state index contributed by atoms with van der Waals surface area (Å²) in [6, 6.07) is 14.1. The first kappa shape index (κ1) is 19.0. The molecule has 0 radical (unpaired) electrons. The first-order valence-electron chi connectivity index (χ1n) is 8.50. The Labute approximate surface area is 150 Å². The van der Waals surface area contributed by atoms with Crippen molar-refractivity contribution in [3.8, 4) is 0 Å². The van der Waals surface area contributed by atoms with E-state index in [9.17, 15) is 5.11 Å². The quantitative estimate of drug-likeness (QED) is 0.804. The number of benzene rings is 1. The average Bonchev–Trinajstić information content (AvgIpc) is 3.11. The van der Waals surface area contributed by atoms with E-state index in [0.717, 1.165) is 26.2 Å². The predicted molar refractivity (Wildman–Crippen MR) is 98.2 cm³/mol. The standard InChI is InChI=1S/C19H26N2O2.ClH/c22-18(19-7-4-12-23-19)15-21(13-16-5-2-1-3-6-16)14-17-8-10-20-11-9-17;/h1-7,12,17-18,20,22H,8-11,13-15H2;1H. The highest BCUT2D eigenvalue weighted by Gasteiger charge is 2.21. The Morgan fingerprint density at radius 3 is 2.54 bits per heavy atom. The van der Waals surface area contributed by atoms with E-state index >= 15 is 0 Å². The fourth-order valence-electron chi connectivity index (χ4n) is 3.29. The summed E-state index contributed by atoms with van der Waals surface area (Å²) in [5.41, 5.74) is 1.29. The van der Waals surface area contributed by atoms with Gasteiger partial charge >= 0.3 is 0 Å². The molecule has 1 fully saturated rings. The highest BCUT2D eigenvalue weighted by molar-refractivity contribution is 5.85. The third kappa shape index (κ3) is 5.64. The average molecular weight is 351 g/mol. The smallest absolute Gasteiger partial charge is 0.133 e. The van der Waals surface area contributed by atoms with Gasteiger partial charge in [0.1, 0.15) is 11.9 Å². The third-order valence-corrected chi connectivity index (χ3v) is 4.53. The van der Waals surface area contributed by atoms with Crippen LogP contribution in [0.25, 0.3) is 0 Å². The van der Waals surface area contributed by atoms with Crippen LogP contribution in [0.1, 0.15) is 30.3 Å². The van der Waals surface area contributed by atoms with E-state index in [0.29, 0.717) is 18.2 Å². The van der Waals surface area contributed by atoms with Gasteiger partial charge in [0.25, 0.3) is 0 Å². The molecule has 0 aliphatic carbocycles. The molecule has 5 heteroatoms. The summed E-state index contributed by atoms with van der Waals surface area (Å²) in [5.74, 6) is 1.34. The highest BCUT2D eigenvalue weighted by atomic mass is 35.5. The van der Waals surface area contributed by atoms with Crippen LogP contribution in [0.2, 0.25) is 0 Å². The SMILES string of the molecule is Cl.OC(CN(Cc1ccccc1)CC1CCNCC1)c1ccco1.